The number of sulfonamides is 1. The summed E-state index contributed by atoms with van der Waals surface area (Å²) in [4.78, 5) is 31.5. The van der Waals surface area contributed by atoms with Gasteiger partial charge in [-0.3, -0.25) is 24.3 Å². The van der Waals surface area contributed by atoms with Gasteiger partial charge in [0.15, 0.2) is 17.2 Å². The topological polar surface area (TPSA) is 154 Å². The molecule has 3 N–H and O–H groups in total. The Hall–Kier alpha value is -4.70. The van der Waals surface area contributed by atoms with Crippen LogP contribution in [0.25, 0.3) is 44.6 Å². The van der Waals surface area contributed by atoms with Crippen molar-refractivity contribution in [2.24, 2.45) is 5.92 Å². The van der Waals surface area contributed by atoms with E-state index in [0.717, 1.165) is 29.5 Å². The number of carbonyl (C=O) groups is 1. The Morgan fingerprint density at radius 3 is 2.57 bits per heavy atom. The van der Waals surface area contributed by atoms with E-state index >= 15 is 4.39 Å². The molecule has 10 rings (SSSR count). The number of nitrogens with zero attached hydrogens (tertiary/aromatic N) is 5. The van der Waals surface area contributed by atoms with Crippen molar-refractivity contribution in [3.63, 3.8) is 0 Å². The van der Waals surface area contributed by atoms with Crippen LogP contribution >= 0.6 is 23.2 Å². The highest BCUT2D eigenvalue weighted by Crippen LogP contribution is 2.46. The molecule has 4 aliphatic rings. The molecule has 0 bridgehead atoms. The lowest BCUT2D eigenvalue weighted by molar-refractivity contribution is -0.122. The summed E-state index contributed by atoms with van der Waals surface area (Å²) in [5.41, 5.74) is 5.85. The lowest BCUT2D eigenvalue weighted by atomic mass is 10.0. The highest BCUT2D eigenvalue weighted by atomic mass is 35.5. The number of rotatable bonds is 10. The van der Waals surface area contributed by atoms with Gasteiger partial charge in [0.25, 0.3) is 0 Å². The summed E-state index contributed by atoms with van der Waals surface area (Å²) >= 11 is 14.2. The highest BCUT2D eigenvalue weighted by molar-refractivity contribution is 7.91. The Morgan fingerprint density at radius 1 is 1.00 bits per heavy atom. The number of benzene rings is 3. The SMILES string of the molecule is CC1(S(=O)(=O)NC(=O)[C@@H]2CCN([C@@H]3CCc4c3cc3nc(-c5cccc(-c6cccc(Nc7nccc8cc(CN9CC[C@@H](O)C9)cnc78)c6Cl)c5Cl)oc3c4F)C2)CC1. The van der Waals surface area contributed by atoms with Gasteiger partial charge in [-0.25, -0.2) is 22.8 Å². The number of likely N-dealkylation sites (tertiary alicyclic amines) is 2. The number of fused-ring (bicyclic) bond motifs is 3. The number of pyridine rings is 2. The van der Waals surface area contributed by atoms with Crippen LogP contribution in [0.3, 0.4) is 0 Å². The normalized spacial score (nSPS) is 21.5. The van der Waals surface area contributed by atoms with E-state index in [1.165, 1.54) is 0 Å². The molecule has 6 aromatic rings. The molecule has 1 amide bonds. The smallest absolute Gasteiger partial charge is 0.240 e. The van der Waals surface area contributed by atoms with Crippen molar-refractivity contribution in [3.05, 3.63) is 99.5 Å². The largest absolute Gasteiger partial charge is 0.433 e. The van der Waals surface area contributed by atoms with Crippen LogP contribution in [-0.2, 0) is 27.8 Å². The van der Waals surface area contributed by atoms with E-state index in [1.54, 1.807) is 19.2 Å². The van der Waals surface area contributed by atoms with Gasteiger partial charge in [-0.15, -0.1) is 0 Å². The Kier molecular flexibility index (Phi) is 9.88. The molecule has 12 nitrogen and oxygen atoms in total. The Bertz CT molecular complexity index is 2840. The second kappa shape index (κ2) is 15.0. The zero-order chi connectivity index (χ0) is 41.5. The maximum absolute atomic E-state index is 16.2. The third kappa shape index (κ3) is 7.00. The van der Waals surface area contributed by atoms with E-state index in [1.807, 2.05) is 48.7 Å². The molecule has 0 spiro atoms. The molecule has 60 heavy (non-hydrogen) atoms. The van der Waals surface area contributed by atoms with Gasteiger partial charge in [0, 0.05) is 61.1 Å². The van der Waals surface area contributed by atoms with E-state index in [-0.39, 0.29) is 23.6 Å². The fraction of sp³-hybridized carbons (Fsp3) is 0.364. The molecule has 0 radical (unpaired) electrons. The molecular weight excluding hydrogens is 828 g/mol. The number of aliphatic hydroxyl groups is 1. The molecule has 0 unspecified atom stereocenters. The molecule has 310 valence electrons. The van der Waals surface area contributed by atoms with E-state index in [2.05, 4.69) is 30.9 Å². The monoisotopic (exact) mass is 869 g/mol. The Labute approximate surface area is 356 Å². The van der Waals surface area contributed by atoms with Gasteiger partial charge < -0.3 is 14.8 Å². The van der Waals surface area contributed by atoms with Gasteiger partial charge in [-0.2, -0.15) is 0 Å². The molecule has 16 heteroatoms. The molecule has 5 heterocycles. The predicted octanol–water partition coefficient (Wildman–Crippen LogP) is 8.17. The highest BCUT2D eigenvalue weighted by Gasteiger charge is 2.51. The first-order valence-electron chi connectivity index (χ1n) is 20.3. The average Bonchev–Trinajstić information content (AvgIpc) is 3.69. The van der Waals surface area contributed by atoms with Crippen molar-refractivity contribution in [1.82, 2.24) is 29.5 Å². The average molecular weight is 871 g/mol. The molecule has 2 saturated heterocycles. The van der Waals surface area contributed by atoms with Gasteiger partial charge in [-0.1, -0.05) is 47.5 Å². The number of hydrogen-bond acceptors (Lipinski definition) is 11. The minimum absolute atomic E-state index is 0.0470. The van der Waals surface area contributed by atoms with Crippen molar-refractivity contribution in [1.29, 1.82) is 0 Å². The minimum atomic E-state index is -3.72. The van der Waals surface area contributed by atoms with E-state index < -0.39 is 32.4 Å². The molecule has 3 fully saturated rings. The number of aromatic nitrogens is 3. The van der Waals surface area contributed by atoms with Crippen LogP contribution in [0.1, 0.15) is 61.8 Å². The summed E-state index contributed by atoms with van der Waals surface area (Å²) in [5, 5.41) is 15.0. The zero-order valence-electron chi connectivity index (χ0n) is 32.7. The van der Waals surface area contributed by atoms with Crippen LogP contribution in [0.4, 0.5) is 15.9 Å². The van der Waals surface area contributed by atoms with Gasteiger partial charge >= 0.3 is 0 Å². The Balaban J connectivity index is 0.890. The van der Waals surface area contributed by atoms with E-state index in [9.17, 15) is 18.3 Å². The van der Waals surface area contributed by atoms with Gasteiger partial charge in [-0.05, 0) is 99.0 Å². The standard InChI is InChI=1S/C44H42Cl2FN7O5S/c1-44(13-14-44)60(57,58)52-42(56)26-11-17-54(22-26)35-9-8-30-32(35)19-34-40(38(30)47)59-43(51-34)31-6-2-4-28(36(31)45)29-5-3-7-33(37(29)46)50-41-39-25(10-15-48-41)18-24(20-49-39)21-53-16-12-27(55)23-53/h2-7,10,15,18-20,26-27,35,55H,8-9,11-14,16-17,21-23H2,1H3,(H,48,50)(H,52,56)/t26-,27-,35-/m1/s1. The van der Waals surface area contributed by atoms with Crippen LogP contribution in [0.5, 0.6) is 0 Å². The van der Waals surface area contributed by atoms with Crippen molar-refractivity contribution in [2.45, 2.75) is 68.9 Å². The third-order valence-electron chi connectivity index (χ3n) is 12.7. The number of aliphatic hydroxyl groups excluding tert-OH is 1. The third-order valence-corrected chi connectivity index (χ3v) is 15.7. The van der Waals surface area contributed by atoms with Crippen molar-refractivity contribution < 1.29 is 27.1 Å². The summed E-state index contributed by atoms with van der Waals surface area (Å²) in [6.07, 6.45) is 6.82. The summed E-state index contributed by atoms with van der Waals surface area (Å²) in [6, 6.07) is 16.8. The summed E-state index contributed by atoms with van der Waals surface area (Å²) < 4.78 is 49.2. The molecular formula is C44H42Cl2FN7O5S. The summed E-state index contributed by atoms with van der Waals surface area (Å²) in [7, 11) is -3.72. The maximum atomic E-state index is 16.2. The number of hydrogen-bond donors (Lipinski definition) is 3. The van der Waals surface area contributed by atoms with Crippen LogP contribution in [0, 0.1) is 11.7 Å². The van der Waals surface area contributed by atoms with Crippen LogP contribution in [-0.4, -0.2) is 81.2 Å². The van der Waals surface area contributed by atoms with E-state index in [4.69, 9.17) is 37.6 Å². The molecule has 3 atom stereocenters. The summed E-state index contributed by atoms with van der Waals surface area (Å²) in [6.45, 7) is 4.85. The first-order valence-corrected chi connectivity index (χ1v) is 22.5. The van der Waals surface area contributed by atoms with Gasteiger partial charge in [0.05, 0.1) is 38.1 Å². The maximum Gasteiger partial charge on any atom is 0.240 e. The van der Waals surface area contributed by atoms with Crippen LogP contribution in [0.15, 0.2) is 71.4 Å². The molecule has 2 aliphatic heterocycles. The Morgan fingerprint density at radius 2 is 1.78 bits per heavy atom. The first kappa shape index (κ1) is 39.4. The lowest BCUT2D eigenvalue weighted by Gasteiger charge is -2.25. The fourth-order valence-corrected chi connectivity index (χ4v) is 10.9. The van der Waals surface area contributed by atoms with Crippen molar-refractivity contribution in [3.8, 4) is 22.6 Å². The second-order valence-corrected chi connectivity index (χ2v) is 19.7. The number of β-amino-alcohol motifs (C(OH)–C–C–N with tert-alkyl or cyclic N) is 1. The van der Waals surface area contributed by atoms with Crippen LogP contribution in [0.2, 0.25) is 10.0 Å². The number of carbonyl (C=O) groups excluding carboxylic acids is 1. The molecule has 3 aromatic heterocycles. The number of oxazole rings is 1. The fourth-order valence-electron chi connectivity index (χ4n) is 9.00. The predicted molar refractivity (Wildman–Crippen MR) is 229 cm³/mol. The molecule has 1 saturated carbocycles. The number of amides is 1. The number of nitrogens with one attached hydrogen (secondary N) is 2. The first-order chi connectivity index (χ1) is 28.9. The van der Waals surface area contributed by atoms with Gasteiger partial charge in [0.2, 0.25) is 21.8 Å². The quantitative estimate of drug-likeness (QED) is 0.122. The minimum Gasteiger partial charge on any atom is -0.433 e. The zero-order valence-corrected chi connectivity index (χ0v) is 35.0. The van der Waals surface area contributed by atoms with Crippen molar-refractivity contribution >= 4 is 72.6 Å². The second-order valence-electron chi connectivity index (χ2n) is 16.8. The molecule has 2 aliphatic carbocycles. The molecule has 3 aromatic carbocycles. The van der Waals surface area contributed by atoms with E-state index in [0.29, 0.717) is 113 Å². The lowest BCUT2D eigenvalue weighted by Crippen LogP contribution is -2.42. The number of anilines is 2. The summed E-state index contributed by atoms with van der Waals surface area (Å²) in [5.74, 6) is -0.702. The van der Waals surface area contributed by atoms with Crippen LogP contribution < -0.4 is 10.0 Å². The van der Waals surface area contributed by atoms with Crippen molar-refractivity contribution in [2.75, 3.05) is 31.5 Å². The van der Waals surface area contributed by atoms with Gasteiger partial charge in [0.1, 0.15) is 11.0 Å². The number of halogens is 3.